The number of unbranched alkanes of at least 4 members (excludes halogenated alkanes) is 1. The van der Waals surface area contributed by atoms with Gasteiger partial charge in [-0.05, 0) is 82.1 Å². The molecule has 0 saturated carbocycles. The lowest BCUT2D eigenvalue weighted by molar-refractivity contribution is -0.142. The number of nitrogens with one attached hydrogen (secondary N) is 12. The van der Waals surface area contributed by atoms with Gasteiger partial charge in [-0.1, -0.05) is 61.8 Å². The maximum Gasteiger partial charge on any atom is 0.326 e. The second-order valence-corrected chi connectivity index (χ2v) is 20.3. The van der Waals surface area contributed by atoms with Crippen LogP contribution in [0.25, 0.3) is 0 Å². The second-order valence-electron chi connectivity index (χ2n) is 20.3. The molecule has 28 heteroatoms. The maximum atomic E-state index is 14.3. The first-order valence-corrected chi connectivity index (χ1v) is 26.2. The summed E-state index contributed by atoms with van der Waals surface area (Å²) in [5, 5.41) is 52.7. The van der Waals surface area contributed by atoms with E-state index in [1.165, 1.54) is 19.4 Å². The van der Waals surface area contributed by atoms with E-state index in [1.807, 2.05) is 13.8 Å². The molecule has 0 aliphatic heterocycles. The van der Waals surface area contributed by atoms with Crippen LogP contribution in [-0.4, -0.2) is 166 Å². The highest BCUT2D eigenvalue weighted by molar-refractivity contribution is 5.98. The normalized spacial score (nSPS) is 15.2. The first-order valence-electron chi connectivity index (χ1n) is 26.2. The summed E-state index contributed by atoms with van der Waals surface area (Å²) < 4.78 is 0. The number of H-pyrrole nitrogens is 1. The number of guanidine groups is 1. The number of carboxylic acid groups (broad SMARTS) is 1. The third-order valence-electron chi connectivity index (χ3n) is 12.2. The highest BCUT2D eigenvalue weighted by atomic mass is 16.4. The molecule has 1 aromatic rings. The number of carbonyl (C=O) groups is 10. The predicted octanol–water partition coefficient (Wildman–Crippen LogP) is -3.44. The first-order chi connectivity index (χ1) is 36.1. The van der Waals surface area contributed by atoms with E-state index in [0.29, 0.717) is 25.0 Å². The average molecular weight is 1090 g/mol. The van der Waals surface area contributed by atoms with Gasteiger partial charge in [0.1, 0.15) is 48.3 Å². The van der Waals surface area contributed by atoms with Gasteiger partial charge in [-0.15, -0.1) is 0 Å². The molecule has 0 unspecified atom stereocenters. The van der Waals surface area contributed by atoms with Crippen molar-refractivity contribution in [1.82, 2.24) is 63.1 Å². The Morgan fingerprint density at radius 1 is 0.623 bits per heavy atom. The monoisotopic (exact) mass is 1090 g/mol. The Morgan fingerprint density at radius 2 is 1.13 bits per heavy atom. The molecule has 77 heavy (non-hydrogen) atoms. The fourth-order valence-corrected chi connectivity index (χ4v) is 7.62. The molecule has 0 aliphatic carbocycles. The Labute approximate surface area is 450 Å². The van der Waals surface area contributed by atoms with E-state index in [4.69, 9.17) is 22.6 Å². The summed E-state index contributed by atoms with van der Waals surface area (Å²) in [5.74, 6) is -10.1. The largest absolute Gasteiger partial charge is 0.480 e. The zero-order valence-electron chi connectivity index (χ0n) is 46.0. The van der Waals surface area contributed by atoms with Crippen molar-refractivity contribution in [3.8, 4) is 0 Å². The molecule has 0 aliphatic rings. The molecule has 10 atom stereocenters. The molecule has 1 heterocycles. The molecule has 0 radical (unpaired) electrons. The molecule has 20 N–H and O–H groups in total. The number of carboxylic acids is 1. The van der Waals surface area contributed by atoms with Crippen LogP contribution in [0.5, 0.6) is 0 Å². The third-order valence-corrected chi connectivity index (χ3v) is 12.2. The van der Waals surface area contributed by atoms with Gasteiger partial charge in [0, 0.05) is 19.2 Å². The van der Waals surface area contributed by atoms with Crippen molar-refractivity contribution in [2.75, 3.05) is 26.2 Å². The highest BCUT2D eigenvalue weighted by Gasteiger charge is 2.36. The van der Waals surface area contributed by atoms with E-state index < -0.39 is 138 Å². The van der Waals surface area contributed by atoms with Gasteiger partial charge >= 0.3 is 5.97 Å². The minimum Gasteiger partial charge on any atom is -0.480 e. The van der Waals surface area contributed by atoms with Gasteiger partial charge in [0.2, 0.25) is 53.2 Å². The van der Waals surface area contributed by atoms with Gasteiger partial charge in [0.25, 0.3) is 0 Å². The van der Waals surface area contributed by atoms with Crippen LogP contribution in [0.3, 0.4) is 0 Å². The third kappa shape index (κ3) is 26.1. The molecule has 0 fully saturated rings. The molecule has 0 bridgehead atoms. The molecule has 0 spiro atoms. The Balaban J connectivity index is 3.36. The van der Waals surface area contributed by atoms with Crippen molar-refractivity contribution in [1.29, 1.82) is 5.41 Å². The Kier molecular flexibility index (Phi) is 31.3. The van der Waals surface area contributed by atoms with Crippen LogP contribution in [0, 0.1) is 29.1 Å². The van der Waals surface area contributed by atoms with E-state index >= 15 is 0 Å². The molecule has 1 aromatic heterocycles. The van der Waals surface area contributed by atoms with E-state index in [2.05, 4.69) is 63.1 Å². The molecule has 0 saturated heterocycles. The summed E-state index contributed by atoms with van der Waals surface area (Å²) in [7, 11) is 0. The van der Waals surface area contributed by atoms with Crippen molar-refractivity contribution in [3.05, 3.63) is 18.2 Å². The van der Waals surface area contributed by atoms with Crippen LogP contribution in [0.2, 0.25) is 0 Å². The van der Waals surface area contributed by atoms with Gasteiger partial charge in [0.15, 0.2) is 5.96 Å². The molecular formula is C49H88N16O12. The Hall–Kier alpha value is -6.94. The Morgan fingerprint density at radius 3 is 1.64 bits per heavy atom. The number of hydrogen-bond donors (Lipinski definition) is 17. The predicted molar refractivity (Wildman–Crippen MR) is 284 cm³/mol. The van der Waals surface area contributed by atoms with Crippen LogP contribution in [0.1, 0.15) is 119 Å². The van der Waals surface area contributed by atoms with Gasteiger partial charge < -0.3 is 85.6 Å². The smallest absolute Gasteiger partial charge is 0.326 e. The van der Waals surface area contributed by atoms with Crippen molar-refractivity contribution >= 4 is 65.1 Å². The van der Waals surface area contributed by atoms with Crippen molar-refractivity contribution in [2.24, 2.45) is 40.9 Å². The summed E-state index contributed by atoms with van der Waals surface area (Å²) in [4.78, 5) is 141. The SMILES string of the molecule is CC[C@H](C)[C@H](NC(=O)[C@H](CCCCN)NC(=O)[C@@H](NC(=O)[C@H](CC(C)C)NC(=O)[C@H](CO)NC(=O)[C@H](CC(C)C)NC(=O)[C@H](C)N)C(C)C)C(=O)N[C@@H](Cc1c[nH]cn1)C(=O)NCC(=O)N[C@@H](CCCNC(=N)N)C(=O)O. The molecule has 9 amide bonds. The number of imidazole rings is 1. The molecule has 436 valence electrons. The summed E-state index contributed by atoms with van der Waals surface area (Å²) in [6, 6.07) is -11.3. The van der Waals surface area contributed by atoms with Gasteiger partial charge in [-0.25, -0.2) is 9.78 Å². The zero-order valence-corrected chi connectivity index (χ0v) is 46.0. The van der Waals surface area contributed by atoms with E-state index in [9.17, 15) is 58.2 Å². The zero-order chi connectivity index (χ0) is 58.5. The molecule has 1 rings (SSSR count). The number of nitrogens with zero attached hydrogens (tertiary/aromatic N) is 1. The maximum absolute atomic E-state index is 14.3. The summed E-state index contributed by atoms with van der Waals surface area (Å²) in [5.41, 5.74) is 17.1. The van der Waals surface area contributed by atoms with Gasteiger partial charge in [0.05, 0.1) is 31.2 Å². The number of amides is 9. The first kappa shape index (κ1) is 68.1. The number of aromatic amines is 1. The minimum absolute atomic E-state index is 0.0131. The summed E-state index contributed by atoms with van der Waals surface area (Å²) in [6.45, 7) is 14.3. The van der Waals surface area contributed by atoms with E-state index in [0.717, 1.165) is 0 Å². The second kappa shape index (κ2) is 35.4. The van der Waals surface area contributed by atoms with Crippen LogP contribution >= 0.6 is 0 Å². The van der Waals surface area contributed by atoms with Gasteiger partial charge in [-0.2, -0.15) is 0 Å². The lowest BCUT2D eigenvalue weighted by Crippen LogP contribution is -2.62. The number of nitrogens with two attached hydrogens (primary N) is 3. The fourth-order valence-electron chi connectivity index (χ4n) is 7.62. The lowest BCUT2D eigenvalue weighted by Gasteiger charge is -2.30. The van der Waals surface area contributed by atoms with E-state index in [-0.39, 0.29) is 69.4 Å². The number of aromatic nitrogens is 2. The minimum atomic E-state index is -1.54. The lowest BCUT2D eigenvalue weighted by atomic mass is 9.96. The molecule has 28 nitrogen and oxygen atoms in total. The van der Waals surface area contributed by atoms with Crippen molar-refractivity contribution in [2.45, 2.75) is 174 Å². The number of aliphatic hydroxyl groups is 1. The van der Waals surface area contributed by atoms with Crippen LogP contribution < -0.4 is 70.4 Å². The topological polar surface area (TPSA) is 462 Å². The Bertz CT molecular complexity index is 2090. The van der Waals surface area contributed by atoms with Crippen molar-refractivity contribution < 1.29 is 58.2 Å². The average Bonchev–Trinajstić information content (AvgIpc) is 3.87. The van der Waals surface area contributed by atoms with Crippen LogP contribution in [-0.2, 0) is 54.4 Å². The van der Waals surface area contributed by atoms with E-state index in [1.54, 1.807) is 41.5 Å². The number of aliphatic hydroxyl groups excluding tert-OH is 1. The number of carbonyl (C=O) groups excluding carboxylic acids is 9. The summed E-state index contributed by atoms with van der Waals surface area (Å²) in [6.07, 6.45) is 4.40. The quantitative estimate of drug-likeness (QED) is 0.0175. The standard InChI is InChI=1S/C49H88N16O12/c1-10-28(8)39(47(75)62-35(20-30-21-54-24-57-30)41(69)56-22-37(67)58-32(48(76)77)15-13-17-55-49(52)53)65-42(70)31(14-11-12-16-50)59-46(74)38(27(6)7)64-44(72)34(19-26(4)5)61-45(73)36(23-66)63-43(71)33(18-25(2)3)60-40(68)29(9)51/h21,24-29,31-36,38-39,66H,10-20,22-23,50-51H2,1-9H3,(H,54,57)(H,56,69)(H,58,67)(H,59,74)(H,60,68)(H,61,73)(H,62,75)(H,63,71)(H,64,72)(H,65,70)(H,76,77)(H4,52,53,55)/t28-,29-,31-,32-,33-,34-,35-,36-,38-,39-/m0/s1. The molecular weight excluding hydrogens is 1000 g/mol. The van der Waals surface area contributed by atoms with Crippen LogP contribution in [0.15, 0.2) is 12.5 Å². The number of hydrogen-bond acceptors (Lipinski definition) is 15. The fraction of sp³-hybridized carbons (Fsp3) is 0.714. The summed E-state index contributed by atoms with van der Waals surface area (Å²) >= 11 is 0. The number of rotatable bonds is 37. The van der Waals surface area contributed by atoms with Crippen LogP contribution in [0.4, 0.5) is 0 Å². The van der Waals surface area contributed by atoms with Crippen molar-refractivity contribution in [3.63, 3.8) is 0 Å². The van der Waals surface area contributed by atoms with Gasteiger partial charge in [-0.3, -0.25) is 48.6 Å². The highest BCUT2D eigenvalue weighted by Crippen LogP contribution is 2.14. The number of aliphatic carboxylic acids is 1. The molecule has 0 aromatic carbocycles.